The van der Waals surface area contributed by atoms with Gasteiger partial charge in [0.25, 0.3) is 0 Å². The van der Waals surface area contributed by atoms with Crippen LogP contribution >= 0.6 is 0 Å². The maximum Gasteiger partial charge on any atom is 0.387 e. The summed E-state index contributed by atoms with van der Waals surface area (Å²) in [6.45, 7) is 0.478. The lowest BCUT2D eigenvalue weighted by atomic mass is 10.1. The number of piperidine rings is 1. The molecule has 0 spiro atoms. The van der Waals surface area contributed by atoms with Gasteiger partial charge in [-0.15, -0.1) is 0 Å². The number of halogens is 2. The van der Waals surface area contributed by atoms with Crippen LogP contribution in [0.3, 0.4) is 0 Å². The highest BCUT2D eigenvalue weighted by Crippen LogP contribution is 2.23. The third-order valence-corrected chi connectivity index (χ3v) is 5.13. The maximum atomic E-state index is 12.2. The van der Waals surface area contributed by atoms with Crippen LogP contribution in [0.25, 0.3) is 11.1 Å². The van der Waals surface area contributed by atoms with E-state index >= 15 is 0 Å². The molecule has 1 aliphatic rings. The number of likely N-dealkylation sites (tertiary alicyclic amines) is 1. The first-order valence-corrected chi connectivity index (χ1v) is 10.3. The Balaban J connectivity index is 1.31. The number of pyridine rings is 1. The second-order valence-corrected chi connectivity index (χ2v) is 7.32. The van der Waals surface area contributed by atoms with Gasteiger partial charge in [0.05, 0.1) is 11.9 Å². The quantitative estimate of drug-likeness (QED) is 0.564. The first-order valence-electron chi connectivity index (χ1n) is 10.3. The van der Waals surface area contributed by atoms with Gasteiger partial charge < -0.3 is 15.0 Å². The zero-order valence-corrected chi connectivity index (χ0v) is 17.0. The van der Waals surface area contributed by atoms with Crippen LogP contribution in [0.15, 0.2) is 55.0 Å². The number of nitrogens with one attached hydrogen (secondary N) is 1. The van der Waals surface area contributed by atoms with Gasteiger partial charge in [-0.3, -0.25) is 4.98 Å². The molecule has 0 aliphatic carbocycles. The zero-order valence-electron chi connectivity index (χ0n) is 17.0. The van der Waals surface area contributed by atoms with E-state index in [1.54, 1.807) is 30.7 Å². The molecule has 0 atom stereocenters. The van der Waals surface area contributed by atoms with Crippen molar-refractivity contribution in [2.24, 2.45) is 0 Å². The van der Waals surface area contributed by atoms with Gasteiger partial charge in [-0.05, 0) is 62.2 Å². The second kappa shape index (κ2) is 10.3. The van der Waals surface area contributed by atoms with Crippen LogP contribution in [0.2, 0.25) is 0 Å². The van der Waals surface area contributed by atoms with E-state index in [4.69, 9.17) is 0 Å². The smallest absolute Gasteiger partial charge is 0.387 e. The Bertz CT molecular complexity index is 943. The molecule has 0 bridgehead atoms. The standard InChI is InChI=1S/C23H24F2N5O/c24-22(25)31-21-8-4-17(5-9-21)18-14-27-23(28-15-18)29-20-7-6-19(26-16-20)10-13-30-11-2-1-3-12-30/h1,4-9,14-16,22H,2-3,10-13H2,(H,27,28,29). The number of ether oxygens (including phenoxy) is 1. The van der Waals surface area contributed by atoms with Crippen molar-refractivity contribution in [3.8, 4) is 16.9 Å². The summed E-state index contributed by atoms with van der Waals surface area (Å²) in [5.41, 5.74) is 3.47. The van der Waals surface area contributed by atoms with Crippen molar-refractivity contribution in [2.45, 2.75) is 25.9 Å². The molecule has 3 heterocycles. The number of nitrogens with zero attached hydrogens (tertiary/aromatic N) is 4. The second-order valence-electron chi connectivity index (χ2n) is 7.32. The summed E-state index contributed by atoms with van der Waals surface area (Å²) in [4.78, 5) is 15.7. The lowest BCUT2D eigenvalue weighted by molar-refractivity contribution is -0.0498. The van der Waals surface area contributed by atoms with E-state index in [0.29, 0.717) is 5.95 Å². The van der Waals surface area contributed by atoms with Crippen molar-refractivity contribution in [1.29, 1.82) is 0 Å². The van der Waals surface area contributed by atoms with Gasteiger partial charge in [0.2, 0.25) is 5.95 Å². The third kappa shape index (κ3) is 6.18. The molecule has 0 unspecified atom stereocenters. The average Bonchev–Trinajstić information content (AvgIpc) is 2.80. The maximum absolute atomic E-state index is 12.2. The summed E-state index contributed by atoms with van der Waals surface area (Å²) in [5.74, 6) is 0.573. The molecule has 0 amide bonds. The van der Waals surface area contributed by atoms with Crippen LogP contribution in [0.1, 0.15) is 18.5 Å². The number of hydrogen-bond donors (Lipinski definition) is 1. The number of rotatable bonds is 8. The highest BCUT2D eigenvalue weighted by molar-refractivity contribution is 5.63. The van der Waals surface area contributed by atoms with Gasteiger partial charge in [0.15, 0.2) is 0 Å². The van der Waals surface area contributed by atoms with Gasteiger partial charge in [-0.2, -0.15) is 8.78 Å². The van der Waals surface area contributed by atoms with Crippen LogP contribution < -0.4 is 10.1 Å². The monoisotopic (exact) mass is 424 g/mol. The van der Waals surface area contributed by atoms with E-state index in [-0.39, 0.29) is 5.75 Å². The number of hydrogen-bond acceptors (Lipinski definition) is 6. The SMILES string of the molecule is FC(F)Oc1ccc(-c2cnc(Nc3ccc(CCN4CC[CH]CC4)nc3)nc2)cc1. The van der Waals surface area contributed by atoms with E-state index in [1.165, 1.54) is 25.0 Å². The van der Waals surface area contributed by atoms with Crippen molar-refractivity contribution in [1.82, 2.24) is 19.9 Å². The van der Waals surface area contributed by atoms with Crippen LogP contribution in [0.5, 0.6) is 5.75 Å². The van der Waals surface area contributed by atoms with Crippen molar-refractivity contribution in [2.75, 3.05) is 25.0 Å². The molecule has 1 aromatic carbocycles. The fourth-order valence-corrected chi connectivity index (χ4v) is 3.45. The summed E-state index contributed by atoms with van der Waals surface area (Å²) in [6.07, 6.45) is 10.8. The molecule has 1 radical (unpaired) electrons. The topological polar surface area (TPSA) is 63.2 Å². The van der Waals surface area contributed by atoms with Gasteiger partial charge in [0, 0.05) is 36.6 Å². The summed E-state index contributed by atoms with van der Waals surface area (Å²) in [6, 6.07) is 10.4. The Morgan fingerprint density at radius 1 is 0.903 bits per heavy atom. The van der Waals surface area contributed by atoms with Crippen molar-refractivity contribution >= 4 is 11.6 Å². The van der Waals surface area contributed by atoms with Crippen LogP contribution in [-0.4, -0.2) is 46.1 Å². The average molecular weight is 424 g/mol. The molecular formula is C23H24F2N5O. The third-order valence-electron chi connectivity index (χ3n) is 5.13. The summed E-state index contributed by atoms with van der Waals surface area (Å²) < 4.78 is 28.9. The number of anilines is 2. The molecule has 0 saturated carbocycles. The van der Waals surface area contributed by atoms with Crippen molar-refractivity contribution < 1.29 is 13.5 Å². The largest absolute Gasteiger partial charge is 0.435 e. The molecule has 4 rings (SSSR count). The highest BCUT2D eigenvalue weighted by Gasteiger charge is 2.10. The van der Waals surface area contributed by atoms with Crippen LogP contribution in [-0.2, 0) is 6.42 Å². The van der Waals surface area contributed by atoms with Gasteiger partial charge in [-0.25, -0.2) is 9.97 Å². The first-order chi connectivity index (χ1) is 15.2. The Labute approximate surface area is 180 Å². The minimum atomic E-state index is -2.84. The van der Waals surface area contributed by atoms with E-state index in [2.05, 4.69) is 36.3 Å². The van der Waals surface area contributed by atoms with Gasteiger partial charge in [0.1, 0.15) is 5.75 Å². The minimum Gasteiger partial charge on any atom is -0.435 e. The molecule has 1 fully saturated rings. The molecule has 6 nitrogen and oxygen atoms in total. The lowest BCUT2D eigenvalue weighted by Crippen LogP contribution is -2.31. The molecule has 161 valence electrons. The van der Waals surface area contributed by atoms with Crippen molar-refractivity contribution in [3.05, 3.63) is 67.1 Å². The van der Waals surface area contributed by atoms with E-state index in [0.717, 1.165) is 48.6 Å². The molecule has 1 saturated heterocycles. The molecule has 8 heteroatoms. The van der Waals surface area contributed by atoms with E-state index in [1.807, 2.05) is 12.1 Å². The molecule has 1 N–H and O–H groups in total. The normalized spacial score (nSPS) is 14.5. The molecule has 2 aromatic heterocycles. The fraction of sp³-hybridized carbons (Fsp3) is 0.304. The molecule has 31 heavy (non-hydrogen) atoms. The molecular weight excluding hydrogens is 400 g/mol. The Kier molecular flexibility index (Phi) is 6.99. The summed E-state index contributed by atoms with van der Waals surface area (Å²) in [5, 5.41) is 3.14. The summed E-state index contributed by atoms with van der Waals surface area (Å²) >= 11 is 0. The van der Waals surface area contributed by atoms with Gasteiger partial charge in [-0.1, -0.05) is 12.1 Å². The Morgan fingerprint density at radius 2 is 1.65 bits per heavy atom. The number of aromatic nitrogens is 3. The van der Waals surface area contributed by atoms with E-state index in [9.17, 15) is 8.78 Å². The minimum absolute atomic E-state index is 0.114. The highest BCUT2D eigenvalue weighted by atomic mass is 19.3. The number of alkyl halides is 2. The van der Waals surface area contributed by atoms with Crippen molar-refractivity contribution in [3.63, 3.8) is 0 Å². The molecule has 3 aromatic rings. The lowest BCUT2D eigenvalue weighted by Gasteiger charge is -2.25. The first kappa shape index (κ1) is 21.1. The predicted octanol–water partition coefficient (Wildman–Crippen LogP) is 4.73. The Morgan fingerprint density at radius 3 is 2.29 bits per heavy atom. The van der Waals surface area contributed by atoms with E-state index < -0.39 is 6.61 Å². The number of benzene rings is 1. The zero-order chi connectivity index (χ0) is 21.5. The summed E-state index contributed by atoms with van der Waals surface area (Å²) in [7, 11) is 0. The van der Waals surface area contributed by atoms with Crippen LogP contribution in [0.4, 0.5) is 20.4 Å². The van der Waals surface area contributed by atoms with Gasteiger partial charge >= 0.3 is 6.61 Å². The van der Waals surface area contributed by atoms with Crippen LogP contribution in [0, 0.1) is 6.42 Å². The predicted molar refractivity (Wildman–Crippen MR) is 115 cm³/mol. The molecule has 1 aliphatic heterocycles. The fourth-order valence-electron chi connectivity index (χ4n) is 3.45. The Hall–Kier alpha value is -3.13.